The van der Waals surface area contributed by atoms with Crippen LogP contribution in [-0.2, 0) is 15.0 Å². The molecule has 1 aromatic heterocycles. The fourth-order valence-corrected chi connectivity index (χ4v) is 8.86. The van der Waals surface area contributed by atoms with Crippen LogP contribution in [0.1, 0.15) is 82.3 Å². The normalized spacial score (nSPS) is 32.2. The summed E-state index contributed by atoms with van der Waals surface area (Å²) >= 11 is 12.6. The van der Waals surface area contributed by atoms with Crippen LogP contribution < -0.4 is 5.32 Å². The number of nitrogens with one attached hydrogen (secondary N) is 1. The zero-order valence-corrected chi connectivity index (χ0v) is 23.9. The Hall–Kier alpha value is -2.02. The molecule has 0 radical (unpaired) electrons. The number of carbonyl (C=O) groups excluding carboxylic acids is 2. The van der Waals surface area contributed by atoms with E-state index < -0.39 is 28.5 Å². The molecule has 3 saturated carbocycles. The fraction of sp³-hybridized carbons (Fsp3) is 0.581. The molecule has 6 rings (SSSR count). The topological polar surface area (TPSA) is 79.3 Å². The Bertz CT molecular complexity index is 1330. The van der Waals surface area contributed by atoms with Crippen LogP contribution in [0.4, 0.5) is 10.1 Å². The van der Waals surface area contributed by atoms with Crippen molar-refractivity contribution in [3.8, 4) is 0 Å². The quantitative estimate of drug-likeness (QED) is 0.375. The van der Waals surface area contributed by atoms with Gasteiger partial charge >= 0.3 is 0 Å². The zero-order valence-electron chi connectivity index (χ0n) is 22.4. The first-order valence-corrected chi connectivity index (χ1v) is 14.8. The van der Waals surface area contributed by atoms with E-state index in [0.717, 1.165) is 44.1 Å². The third kappa shape index (κ3) is 4.07. The lowest BCUT2D eigenvalue weighted by atomic mass is 9.51. The second kappa shape index (κ2) is 9.53. The molecule has 2 spiro atoms. The van der Waals surface area contributed by atoms with Gasteiger partial charge in [0.25, 0.3) is 0 Å². The number of pyridine rings is 1. The van der Waals surface area contributed by atoms with Crippen LogP contribution in [0.3, 0.4) is 0 Å². The van der Waals surface area contributed by atoms with Crippen molar-refractivity contribution in [2.45, 2.75) is 76.5 Å². The fourth-order valence-electron chi connectivity index (χ4n) is 8.52. The van der Waals surface area contributed by atoms with E-state index in [1.807, 2.05) is 6.07 Å². The maximum Gasteiger partial charge on any atom is 0.236 e. The van der Waals surface area contributed by atoms with E-state index in [1.54, 1.807) is 18.2 Å². The van der Waals surface area contributed by atoms with Crippen LogP contribution in [0.15, 0.2) is 30.5 Å². The van der Waals surface area contributed by atoms with Crippen LogP contribution in [0.5, 0.6) is 0 Å². The van der Waals surface area contributed by atoms with Gasteiger partial charge < -0.3 is 10.4 Å². The Morgan fingerprint density at radius 2 is 1.85 bits per heavy atom. The second-order valence-corrected chi connectivity index (χ2v) is 14.0. The molecule has 2 aromatic rings. The number of fused-ring (bicyclic) bond motifs is 3. The molecule has 1 aromatic carbocycles. The maximum absolute atomic E-state index is 15.9. The summed E-state index contributed by atoms with van der Waals surface area (Å²) < 4.78 is 15.9. The number of aromatic nitrogens is 1. The lowest BCUT2D eigenvalue weighted by molar-refractivity contribution is -0.127. The van der Waals surface area contributed by atoms with Crippen molar-refractivity contribution in [1.82, 2.24) is 4.98 Å². The molecular formula is C31H35Cl2FN2O3. The third-order valence-corrected chi connectivity index (χ3v) is 11.1. The molecule has 4 aliphatic rings. The highest BCUT2D eigenvalue weighted by Gasteiger charge is 2.72. The van der Waals surface area contributed by atoms with Crippen LogP contribution in [0.2, 0.25) is 10.2 Å². The molecule has 3 atom stereocenters. The van der Waals surface area contributed by atoms with Gasteiger partial charge in [0, 0.05) is 41.8 Å². The number of hydrogen-bond acceptors (Lipinski definition) is 4. The van der Waals surface area contributed by atoms with Crippen molar-refractivity contribution in [2.75, 3.05) is 11.9 Å². The summed E-state index contributed by atoms with van der Waals surface area (Å²) in [4.78, 5) is 32.6. The van der Waals surface area contributed by atoms with Crippen LogP contribution in [-0.4, -0.2) is 28.4 Å². The van der Waals surface area contributed by atoms with Crippen LogP contribution in [0, 0.1) is 34.4 Å². The minimum Gasteiger partial charge on any atom is -0.396 e. The SMILES string of the molecule is CC1(C)CCC2(CC1)C[C@@H](C(=O)CC1CC(CO)C1)[C@H](c1ccnc(Cl)c1F)[C@]21C(=O)Nc2cc(Cl)ccc21. The van der Waals surface area contributed by atoms with Gasteiger partial charge in [0.1, 0.15) is 5.78 Å². The molecule has 2 N–H and O–H groups in total. The van der Waals surface area contributed by atoms with E-state index in [9.17, 15) is 14.7 Å². The Balaban J connectivity index is 1.54. The Morgan fingerprint density at radius 3 is 2.54 bits per heavy atom. The summed E-state index contributed by atoms with van der Waals surface area (Å²) in [7, 11) is 0. The number of Topliss-reactive ketones (excluding diaryl/α,β-unsaturated/α-hetero) is 1. The second-order valence-electron chi connectivity index (χ2n) is 13.2. The summed E-state index contributed by atoms with van der Waals surface area (Å²) in [5.41, 5.74) is 0.191. The number of nitrogens with zero attached hydrogens (tertiary/aromatic N) is 1. The molecule has 3 aliphatic carbocycles. The molecule has 0 saturated heterocycles. The van der Waals surface area contributed by atoms with Gasteiger partial charge in [0.15, 0.2) is 11.0 Å². The lowest BCUT2D eigenvalue weighted by Gasteiger charge is -2.51. The van der Waals surface area contributed by atoms with E-state index in [4.69, 9.17) is 23.2 Å². The number of hydrogen-bond donors (Lipinski definition) is 2. The molecule has 1 amide bonds. The Labute approximate surface area is 238 Å². The smallest absolute Gasteiger partial charge is 0.236 e. The van der Waals surface area contributed by atoms with Gasteiger partial charge in [0.2, 0.25) is 5.91 Å². The molecule has 3 fully saturated rings. The average molecular weight is 574 g/mol. The van der Waals surface area contributed by atoms with Gasteiger partial charge in [-0.1, -0.05) is 43.1 Å². The number of anilines is 1. The lowest BCUT2D eigenvalue weighted by Crippen LogP contribution is -2.52. The minimum absolute atomic E-state index is 0.0741. The molecule has 8 heteroatoms. The van der Waals surface area contributed by atoms with Crippen LogP contribution in [0.25, 0.3) is 0 Å². The van der Waals surface area contributed by atoms with E-state index in [1.165, 1.54) is 6.20 Å². The number of aliphatic hydroxyl groups excluding tert-OH is 1. The van der Waals surface area contributed by atoms with Crippen molar-refractivity contribution in [1.29, 1.82) is 0 Å². The minimum atomic E-state index is -1.14. The number of amides is 1. The highest BCUT2D eigenvalue weighted by molar-refractivity contribution is 6.31. The molecule has 39 heavy (non-hydrogen) atoms. The van der Waals surface area contributed by atoms with Crippen molar-refractivity contribution in [3.05, 3.63) is 57.6 Å². The molecule has 0 unspecified atom stereocenters. The van der Waals surface area contributed by atoms with Crippen molar-refractivity contribution < 1.29 is 19.1 Å². The molecule has 5 nitrogen and oxygen atoms in total. The number of aliphatic hydroxyl groups is 1. The molecule has 1 aliphatic heterocycles. The van der Waals surface area contributed by atoms with Crippen LogP contribution >= 0.6 is 23.2 Å². The van der Waals surface area contributed by atoms with E-state index >= 15 is 4.39 Å². The summed E-state index contributed by atoms with van der Waals surface area (Å²) in [5, 5.41) is 12.8. The number of rotatable bonds is 5. The predicted octanol–water partition coefficient (Wildman–Crippen LogP) is 7.09. The van der Waals surface area contributed by atoms with Gasteiger partial charge in [0.05, 0.1) is 5.41 Å². The summed E-state index contributed by atoms with van der Waals surface area (Å²) in [6, 6.07) is 7.05. The molecule has 2 heterocycles. The first-order valence-electron chi connectivity index (χ1n) is 14.1. The van der Waals surface area contributed by atoms with Gasteiger partial charge in [-0.05, 0) is 96.9 Å². The summed E-state index contributed by atoms with van der Waals surface area (Å²) in [5.74, 6) is -1.57. The first-order chi connectivity index (χ1) is 18.5. The number of benzene rings is 1. The predicted molar refractivity (Wildman–Crippen MR) is 149 cm³/mol. The highest BCUT2D eigenvalue weighted by atomic mass is 35.5. The van der Waals surface area contributed by atoms with Gasteiger partial charge in [-0.25, -0.2) is 9.37 Å². The monoisotopic (exact) mass is 572 g/mol. The van der Waals surface area contributed by atoms with Gasteiger partial charge in [-0.3, -0.25) is 9.59 Å². The average Bonchev–Trinajstić information content (AvgIpc) is 3.32. The third-order valence-electron chi connectivity index (χ3n) is 10.6. The Kier molecular flexibility index (Phi) is 6.64. The van der Waals surface area contributed by atoms with E-state index in [0.29, 0.717) is 23.6 Å². The standard InChI is InChI=1S/C31H35Cl2FN2O3/c1-29(2)6-8-30(9-7-29)15-21(24(38)13-17-11-18(12-17)16-37)25(20-5-10-35-27(33)26(20)34)31(30)22-4-3-19(32)14-23(22)36-28(31)39/h3-5,10,14,17-18,21,25,37H,6-9,11-13,15-16H2,1-2H3,(H,36,39)/t17?,18?,21-,25-,31+/m0/s1. The van der Waals surface area contributed by atoms with E-state index in [-0.39, 0.29) is 46.3 Å². The molecule has 208 valence electrons. The number of carbonyl (C=O) groups is 2. The number of ketones is 1. The first kappa shape index (κ1) is 27.2. The molecule has 0 bridgehead atoms. The summed E-state index contributed by atoms with van der Waals surface area (Å²) in [6.07, 6.45) is 7.39. The van der Waals surface area contributed by atoms with Gasteiger partial charge in [-0.2, -0.15) is 0 Å². The summed E-state index contributed by atoms with van der Waals surface area (Å²) in [6.45, 7) is 4.64. The van der Waals surface area contributed by atoms with E-state index in [2.05, 4.69) is 24.1 Å². The number of halogens is 3. The van der Waals surface area contributed by atoms with Crippen molar-refractivity contribution in [3.63, 3.8) is 0 Å². The Morgan fingerprint density at radius 1 is 1.13 bits per heavy atom. The van der Waals surface area contributed by atoms with Crippen molar-refractivity contribution >= 4 is 40.6 Å². The molecular weight excluding hydrogens is 538 g/mol. The van der Waals surface area contributed by atoms with Gasteiger partial charge in [-0.15, -0.1) is 0 Å². The van der Waals surface area contributed by atoms with Crippen molar-refractivity contribution in [2.24, 2.45) is 28.6 Å². The largest absolute Gasteiger partial charge is 0.396 e. The zero-order chi connectivity index (χ0) is 27.7. The highest BCUT2D eigenvalue weighted by Crippen LogP contribution is 2.72. The maximum atomic E-state index is 15.9.